The topological polar surface area (TPSA) is 81.9 Å². The Morgan fingerprint density at radius 2 is 1.66 bits per heavy atom. The number of nitrogens with zero attached hydrogens (tertiary/aromatic N) is 1. The van der Waals surface area contributed by atoms with E-state index in [4.69, 9.17) is 15.3 Å². The van der Waals surface area contributed by atoms with Crippen molar-refractivity contribution in [3.63, 3.8) is 0 Å². The number of ether oxygens (including phenoxy) is 1. The molecule has 1 aliphatic heterocycles. The highest BCUT2D eigenvalue weighted by Crippen LogP contribution is 2.69. The summed E-state index contributed by atoms with van der Waals surface area (Å²) in [6, 6.07) is 17.5. The molecule has 29 heavy (non-hydrogen) atoms. The quantitative estimate of drug-likeness (QED) is 0.861. The van der Waals surface area contributed by atoms with Crippen LogP contribution >= 0.6 is 0 Å². The van der Waals surface area contributed by atoms with Gasteiger partial charge in [0.15, 0.2) is 0 Å². The van der Waals surface area contributed by atoms with Gasteiger partial charge in [0.2, 0.25) is 5.60 Å². The first-order chi connectivity index (χ1) is 13.7. The van der Waals surface area contributed by atoms with Crippen LogP contribution in [0.4, 0.5) is 4.79 Å². The van der Waals surface area contributed by atoms with Gasteiger partial charge in [-0.15, -0.1) is 0 Å². The molecule has 2 N–H and O–H groups in total. The normalized spacial score (nSPS) is 25.8. The second-order valence-corrected chi connectivity index (χ2v) is 8.83. The number of primary amides is 1. The number of benzene rings is 2. The van der Waals surface area contributed by atoms with Crippen LogP contribution in [0.15, 0.2) is 54.6 Å². The molecule has 2 amide bonds. The number of rotatable bonds is 3. The molecule has 152 valence electrons. The number of hydrogen-bond donors (Lipinski definition) is 1. The van der Waals surface area contributed by atoms with Gasteiger partial charge in [-0.2, -0.15) is 0 Å². The van der Waals surface area contributed by atoms with Crippen LogP contribution in [0.5, 0.6) is 0 Å². The fourth-order valence-corrected chi connectivity index (χ4v) is 4.82. The summed E-state index contributed by atoms with van der Waals surface area (Å²) in [5.41, 5.74) is 5.97. The molecule has 0 radical (unpaired) electrons. The van der Waals surface area contributed by atoms with Crippen LogP contribution in [0, 0.1) is 5.41 Å². The van der Waals surface area contributed by atoms with Gasteiger partial charge in [-0.25, -0.2) is 9.86 Å². The monoisotopic (exact) mass is 394 g/mol. The van der Waals surface area contributed by atoms with E-state index in [1.807, 2.05) is 75.4 Å². The predicted octanol–water partition coefficient (Wildman–Crippen LogP) is 3.68. The molecular formula is C23H26N2O4. The first kappa shape index (κ1) is 19.5. The van der Waals surface area contributed by atoms with Crippen molar-refractivity contribution in [2.75, 3.05) is 0 Å². The Morgan fingerprint density at radius 1 is 1.03 bits per heavy atom. The first-order valence-corrected chi connectivity index (χ1v) is 9.77. The fraction of sp³-hybridized carbons (Fsp3) is 0.391. The first-order valence-electron chi connectivity index (χ1n) is 9.77. The molecule has 2 aromatic rings. The number of carbonyl (C=O) groups excluding carboxylic acids is 2. The molecule has 0 spiro atoms. The van der Waals surface area contributed by atoms with Crippen molar-refractivity contribution in [2.24, 2.45) is 11.1 Å². The summed E-state index contributed by atoms with van der Waals surface area (Å²) < 4.78 is 5.62. The van der Waals surface area contributed by atoms with Crippen LogP contribution in [0.3, 0.4) is 0 Å². The number of carbonyl (C=O) groups is 2. The van der Waals surface area contributed by atoms with Gasteiger partial charge in [0.05, 0.1) is 12.0 Å². The third-order valence-electron chi connectivity index (χ3n) is 6.28. The van der Waals surface area contributed by atoms with Gasteiger partial charge in [-0.1, -0.05) is 75.4 Å². The van der Waals surface area contributed by atoms with Gasteiger partial charge in [-0.05, 0) is 22.1 Å². The molecule has 6 nitrogen and oxygen atoms in total. The summed E-state index contributed by atoms with van der Waals surface area (Å²) in [5, 5.41) is 1.32. The number of fused-ring (bicyclic) bond motifs is 1. The van der Waals surface area contributed by atoms with Crippen LogP contribution in [0.2, 0.25) is 0 Å². The SMILES string of the molecule is CC(C)(C)[C@@]1(c2ccccc2)C[C@@]1(OC(N)=O)C(=O)N1Cc2ccccc2CO1. The van der Waals surface area contributed by atoms with E-state index in [0.717, 1.165) is 16.7 Å². The van der Waals surface area contributed by atoms with Gasteiger partial charge < -0.3 is 10.5 Å². The van der Waals surface area contributed by atoms with Crippen LogP contribution in [0.1, 0.15) is 43.9 Å². The molecule has 0 aromatic heterocycles. The zero-order chi connectivity index (χ0) is 20.9. The third kappa shape index (κ3) is 2.90. The summed E-state index contributed by atoms with van der Waals surface area (Å²) in [6.45, 7) is 6.74. The molecule has 6 heteroatoms. The molecule has 4 rings (SSSR count). The van der Waals surface area contributed by atoms with Crippen molar-refractivity contribution in [1.29, 1.82) is 0 Å². The summed E-state index contributed by atoms with van der Waals surface area (Å²) in [6.07, 6.45) is -0.602. The molecule has 1 aliphatic carbocycles. The smallest absolute Gasteiger partial charge is 0.405 e. The molecule has 1 saturated carbocycles. The molecule has 1 heterocycles. The van der Waals surface area contributed by atoms with Crippen molar-refractivity contribution < 1.29 is 19.2 Å². The van der Waals surface area contributed by atoms with Crippen LogP contribution in [-0.4, -0.2) is 22.7 Å². The van der Waals surface area contributed by atoms with E-state index >= 15 is 0 Å². The number of hydroxylamine groups is 2. The van der Waals surface area contributed by atoms with E-state index in [9.17, 15) is 9.59 Å². The Bertz CT molecular complexity index is 953. The molecule has 0 bridgehead atoms. The molecule has 1 fully saturated rings. The zero-order valence-electron chi connectivity index (χ0n) is 17.0. The number of nitrogens with two attached hydrogens (primary N) is 1. The summed E-state index contributed by atoms with van der Waals surface area (Å²) in [4.78, 5) is 31.4. The van der Waals surface area contributed by atoms with Crippen molar-refractivity contribution >= 4 is 12.0 Å². The molecular weight excluding hydrogens is 368 g/mol. The maximum Gasteiger partial charge on any atom is 0.405 e. The van der Waals surface area contributed by atoms with E-state index < -0.39 is 17.1 Å². The minimum absolute atomic E-state index is 0.294. The van der Waals surface area contributed by atoms with E-state index in [0.29, 0.717) is 19.6 Å². The van der Waals surface area contributed by atoms with Crippen LogP contribution in [-0.2, 0) is 32.9 Å². The summed E-state index contributed by atoms with van der Waals surface area (Å²) in [7, 11) is 0. The average molecular weight is 394 g/mol. The maximum atomic E-state index is 13.7. The van der Waals surface area contributed by atoms with Gasteiger partial charge in [-0.3, -0.25) is 9.63 Å². The number of amides is 2. The second-order valence-electron chi connectivity index (χ2n) is 8.83. The lowest BCUT2D eigenvalue weighted by Gasteiger charge is -2.38. The summed E-state index contributed by atoms with van der Waals surface area (Å²) in [5.74, 6) is -0.371. The minimum Gasteiger partial charge on any atom is -0.432 e. The Balaban J connectivity index is 1.75. The minimum atomic E-state index is -1.40. The van der Waals surface area contributed by atoms with E-state index in [2.05, 4.69) is 0 Å². The van der Waals surface area contributed by atoms with Crippen molar-refractivity contribution in [2.45, 2.75) is 51.4 Å². The highest BCUT2D eigenvalue weighted by Gasteiger charge is 2.81. The summed E-state index contributed by atoms with van der Waals surface area (Å²) >= 11 is 0. The standard InChI is InChI=1S/C23H26N2O4/c1-21(2,3)22(18-11-5-4-6-12-18)15-23(22,29-20(24)27)19(26)25-13-16-9-7-8-10-17(16)14-28-25/h4-12H,13-15H2,1-3H3,(H2,24,27)/t22-,23+/m0/s1. The molecule has 0 unspecified atom stereocenters. The number of hydrogen-bond acceptors (Lipinski definition) is 4. The Hall–Kier alpha value is -2.86. The lowest BCUT2D eigenvalue weighted by atomic mass is 9.70. The maximum absolute atomic E-state index is 13.7. The Labute approximate surface area is 170 Å². The van der Waals surface area contributed by atoms with Gasteiger partial charge in [0, 0.05) is 6.42 Å². The molecule has 2 aromatic carbocycles. The van der Waals surface area contributed by atoms with Gasteiger partial charge >= 0.3 is 6.09 Å². The predicted molar refractivity (Wildman–Crippen MR) is 107 cm³/mol. The van der Waals surface area contributed by atoms with Crippen LogP contribution < -0.4 is 5.73 Å². The van der Waals surface area contributed by atoms with Gasteiger partial charge in [0.25, 0.3) is 5.91 Å². The zero-order valence-corrected chi connectivity index (χ0v) is 17.0. The van der Waals surface area contributed by atoms with Crippen LogP contribution in [0.25, 0.3) is 0 Å². The molecule has 0 saturated heterocycles. The highest BCUT2D eigenvalue weighted by molar-refractivity contribution is 5.94. The van der Waals surface area contributed by atoms with Crippen molar-refractivity contribution in [1.82, 2.24) is 5.06 Å². The third-order valence-corrected chi connectivity index (χ3v) is 6.28. The Kier molecular flexibility index (Phi) is 4.42. The van der Waals surface area contributed by atoms with Gasteiger partial charge in [0.1, 0.15) is 6.61 Å². The highest BCUT2D eigenvalue weighted by atomic mass is 16.7. The molecule has 2 atom stereocenters. The lowest BCUT2D eigenvalue weighted by molar-refractivity contribution is -0.212. The lowest BCUT2D eigenvalue weighted by Crippen LogP contribution is -2.51. The van der Waals surface area contributed by atoms with Crippen molar-refractivity contribution in [3.05, 3.63) is 71.3 Å². The van der Waals surface area contributed by atoms with E-state index in [-0.39, 0.29) is 11.3 Å². The van der Waals surface area contributed by atoms with E-state index in [1.54, 1.807) is 0 Å². The van der Waals surface area contributed by atoms with Crippen molar-refractivity contribution in [3.8, 4) is 0 Å². The Morgan fingerprint density at radius 3 is 2.28 bits per heavy atom. The fourth-order valence-electron chi connectivity index (χ4n) is 4.82. The van der Waals surface area contributed by atoms with E-state index in [1.165, 1.54) is 5.06 Å². The average Bonchev–Trinajstić information content (AvgIpc) is 3.38. The largest absolute Gasteiger partial charge is 0.432 e. The molecule has 2 aliphatic rings. The second kappa shape index (κ2) is 6.59.